The van der Waals surface area contributed by atoms with E-state index in [4.69, 9.17) is 4.98 Å². The molecule has 0 N–H and O–H groups in total. The Balaban J connectivity index is 2.00. The van der Waals surface area contributed by atoms with Gasteiger partial charge >= 0.3 is 0 Å². The quantitative estimate of drug-likeness (QED) is 0.521. The van der Waals surface area contributed by atoms with Gasteiger partial charge in [0, 0.05) is 19.0 Å². The van der Waals surface area contributed by atoms with Crippen LogP contribution in [0.2, 0.25) is 0 Å². The van der Waals surface area contributed by atoms with E-state index >= 15 is 0 Å². The maximum absolute atomic E-state index is 11.4. The van der Waals surface area contributed by atoms with Gasteiger partial charge in [0.15, 0.2) is 0 Å². The zero-order valence-corrected chi connectivity index (χ0v) is 14.5. The predicted octanol–water partition coefficient (Wildman–Crippen LogP) is 4.38. The lowest BCUT2D eigenvalue weighted by molar-refractivity contribution is 0.752. The van der Waals surface area contributed by atoms with Gasteiger partial charge in [-0.05, 0) is 43.2 Å². The first-order valence-electron chi connectivity index (χ1n) is 8.42. The zero-order valence-electron chi connectivity index (χ0n) is 14.5. The highest BCUT2D eigenvalue weighted by molar-refractivity contribution is 5.88. The number of hydrogen-bond donors (Lipinski definition) is 0. The summed E-state index contributed by atoms with van der Waals surface area (Å²) >= 11 is 0. The molecule has 126 valence electrons. The van der Waals surface area contributed by atoms with Gasteiger partial charge in [-0.2, -0.15) is 4.68 Å². The number of imidazole rings is 2. The van der Waals surface area contributed by atoms with Crippen molar-refractivity contribution in [1.82, 2.24) is 19.2 Å². The molecular weight excluding hydrogens is 314 g/mol. The summed E-state index contributed by atoms with van der Waals surface area (Å²) in [4.78, 5) is 20.8. The topological polar surface area (TPSA) is 65.1 Å². The van der Waals surface area contributed by atoms with Crippen LogP contribution in [0.25, 0.3) is 33.5 Å². The summed E-state index contributed by atoms with van der Waals surface area (Å²) < 4.78 is 3.51. The van der Waals surface area contributed by atoms with Crippen LogP contribution in [0.4, 0.5) is 0 Å². The van der Waals surface area contributed by atoms with Gasteiger partial charge in [0.05, 0.1) is 27.4 Å². The van der Waals surface area contributed by atoms with Crippen LogP contribution in [-0.4, -0.2) is 19.2 Å². The largest absolute Gasteiger partial charge is 0.327 e. The summed E-state index contributed by atoms with van der Waals surface area (Å²) in [5.41, 5.74) is 5.54. The third-order valence-electron chi connectivity index (χ3n) is 4.70. The van der Waals surface area contributed by atoms with Crippen molar-refractivity contribution in [3.8, 4) is 11.4 Å². The van der Waals surface area contributed by atoms with Crippen molar-refractivity contribution in [2.45, 2.75) is 26.7 Å². The Bertz CT molecular complexity index is 1110. The van der Waals surface area contributed by atoms with Gasteiger partial charge in [0.2, 0.25) is 0 Å². The van der Waals surface area contributed by atoms with E-state index in [0.29, 0.717) is 5.82 Å². The van der Waals surface area contributed by atoms with Crippen LogP contribution in [0, 0.1) is 11.8 Å². The van der Waals surface area contributed by atoms with Gasteiger partial charge in [-0.15, -0.1) is 4.91 Å². The van der Waals surface area contributed by atoms with Crippen molar-refractivity contribution in [1.29, 1.82) is 0 Å². The second kappa shape index (κ2) is 5.81. The minimum Gasteiger partial charge on any atom is -0.327 e. The van der Waals surface area contributed by atoms with Crippen molar-refractivity contribution >= 4 is 22.1 Å². The SMILES string of the molecule is CCCc1nc2ccc(-c3nc4ccccc4n3C)c(C)c2n1N=O. The predicted molar refractivity (Wildman–Crippen MR) is 99.4 cm³/mol. The number of nitrogens with zero attached hydrogens (tertiary/aromatic N) is 5. The number of aryl methyl sites for hydroxylation is 3. The second-order valence-electron chi connectivity index (χ2n) is 6.26. The maximum Gasteiger partial charge on any atom is 0.141 e. The summed E-state index contributed by atoms with van der Waals surface area (Å²) in [7, 11) is 2.01. The molecule has 4 rings (SSSR count). The van der Waals surface area contributed by atoms with Crippen LogP contribution in [0.1, 0.15) is 24.7 Å². The average molecular weight is 333 g/mol. The fourth-order valence-corrected chi connectivity index (χ4v) is 3.46. The Morgan fingerprint density at radius 2 is 1.88 bits per heavy atom. The molecule has 0 saturated carbocycles. The van der Waals surface area contributed by atoms with Gasteiger partial charge in [-0.3, -0.25) is 0 Å². The van der Waals surface area contributed by atoms with Gasteiger partial charge in [0.25, 0.3) is 0 Å². The number of hydrogen-bond acceptors (Lipinski definition) is 4. The molecule has 0 amide bonds. The van der Waals surface area contributed by atoms with Crippen molar-refractivity contribution < 1.29 is 0 Å². The molecule has 0 aliphatic heterocycles. The molecule has 0 radical (unpaired) electrons. The third-order valence-corrected chi connectivity index (χ3v) is 4.70. The molecule has 0 unspecified atom stereocenters. The smallest absolute Gasteiger partial charge is 0.141 e. The Morgan fingerprint density at radius 1 is 1.08 bits per heavy atom. The normalized spacial score (nSPS) is 11.5. The van der Waals surface area contributed by atoms with Crippen molar-refractivity contribution in [3.05, 3.63) is 52.7 Å². The van der Waals surface area contributed by atoms with E-state index in [2.05, 4.69) is 27.8 Å². The summed E-state index contributed by atoms with van der Waals surface area (Å²) in [5.74, 6) is 1.58. The van der Waals surface area contributed by atoms with E-state index in [9.17, 15) is 4.91 Å². The van der Waals surface area contributed by atoms with Crippen molar-refractivity contribution in [2.24, 2.45) is 12.3 Å². The summed E-state index contributed by atoms with van der Waals surface area (Å²) in [6.45, 7) is 4.06. The maximum atomic E-state index is 11.4. The molecule has 0 aliphatic rings. The number of rotatable bonds is 4. The third kappa shape index (κ3) is 2.25. The minimum atomic E-state index is 0.706. The molecule has 0 spiro atoms. The molecular formula is C19H19N5O. The molecule has 0 fully saturated rings. The van der Waals surface area contributed by atoms with Gasteiger partial charge in [-0.25, -0.2) is 9.97 Å². The van der Waals surface area contributed by atoms with Crippen LogP contribution in [0.5, 0.6) is 0 Å². The molecule has 0 bridgehead atoms. The summed E-state index contributed by atoms with van der Waals surface area (Å²) in [6, 6.07) is 12.0. The zero-order chi connectivity index (χ0) is 17.6. The lowest BCUT2D eigenvalue weighted by Gasteiger charge is -2.08. The molecule has 6 heteroatoms. The summed E-state index contributed by atoms with van der Waals surface area (Å²) in [5, 5.41) is 3.22. The van der Waals surface area contributed by atoms with E-state index < -0.39 is 0 Å². The lowest BCUT2D eigenvalue weighted by Crippen LogP contribution is -1.99. The first-order chi connectivity index (χ1) is 12.2. The highest BCUT2D eigenvalue weighted by atomic mass is 16.3. The molecule has 2 aromatic heterocycles. The molecule has 25 heavy (non-hydrogen) atoms. The first kappa shape index (κ1) is 15.5. The van der Waals surface area contributed by atoms with Crippen LogP contribution < -0.4 is 0 Å². The van der Waals surface area contributed by atoms with E-state index in [1.54, 1.807) is 0 Å². The Hall–Kier alpha value is -3.02. The van der Waals surface area contributed by atoms with Crippen LogP contribution in [-0.2, 0) is 13.5 Å². The van der Waals surface area contributed by atoms with E-state index in [-0.39, 0.29) is 0 Å². The molecule has 2 heterocycles. The van der Waals surface area contributed by atoms with Crippen LogP contribution in [0.15, 0.2) is 41.7 Å². The highest BCUT2D eigenvalue weighted by Crippen LogP contribution is 2.31. The van der Waals surface area contributed by atoms with Crippen molar-refractivity contribution in [3.63, 3.8) is 0 Å². The van der Waals surface area contributed by atoms with E-state index in [1.807, 2.05) is 44.3 Å². The number of benzene rings is 2. The first-order valence-corrected chi connectivity index (χ1v) is 8.42. The second-order valence-corrected chi connectivity index (χ2v) is 6.26. The number of nitroso groups, excluding NO2 is 1. The molecule has 0 aliphatic carbocycles. The fourth-order valence-electron chi connectivity index (χ4n) is 3.46. The van der Waals surface area contributed by atoms with Gasteiger partial charge in [0.1, 0.15) is 11.6 Å². The Morgan fingerprint density at radius 3 is 2.60 bits per heavy atom. The van der Waals surface area contributed by atoms with Gasteiger partial charge < -0.3 is 4.57 Å². The summed E-state index contributed by atoms with van der Waals surface area (Å²) in [6.07, 6.45) is 1.64. The minimum absolute atomic E-state index is 0.706. The fraction of sp³-hybridized carbons (Fsp3) is 0.263. The lowest BCUT2D eigenvalue weighted by atomic mass is 10.1. The number of aromatic nitrogens is 4. The number of para-hydroxylation sites is 2. The Kier molecular flexibility index (Phi) is 3.60. The standard InChI is InChI=1S/C19H19N5O/c1-4-7-17-20-15-11-10-13(12(2)18(15)24(17)22-25)19-21-14-8-5-6-9-16(14)23(19)3/h5-6,8-11H,4,7H2,1-3H3. The molecule has 0 saturated heterocycles. The molecule has 6 nitrogen and oxygen atoms in total. The Labute approximate surface area is 145 Å². The van der Waals surface area contributed by atoms with E-state index in [0.717, 1.165) is 51.9 Å². The van der Waals surface area contributed by atoms with Crippen LogP contribution in [0.3, 0.4) is 0 Å². The van der Waals surface area contributed by atoms with E-state index in [1.165, 1.54) is 4.68 Å². The monoisotopic (exact) mass is 333 g/mol. The average Bonchev–Trinajstić information content (AvgIpc) is 3.14. The van der Waals surface area contributed by atoms with Crippen molar-refractivity contribution in [2.75, 3.05) is 0 Å². The molecule has 4 aromatic rings. The highest BCUT2D eigenvalue weighted by Gasteiger charge is 2.18. The van der Waals surface area contributed by atoms with Crippen LogP contribution >= 0.6 is 0 Å². The molecule has 2 aromatic carbocycles. The number of fused-ring (bicyclic) bond motifs is 2. The molecule has 0 atom stereocenters. The van der Waals surface area contributed by atoms with Gasteiger partial charge in [-0.1, -0.05) is 19.1 Å².